The van der Waals surface area contributed by atoms with Gasteiger partial charge in [-0.1, -0.05) is 44.0 Å². The molecular formula is C26H33N3O3S. The molecule has 1 aliphatic rings. The third kappa shape index (κ3) is 5.14. The number of benzene rings is 2. The highest BCUT2D eigenvalue weighted by Crippen LogP contribution is 2.26. The fourth-order valence-corrected chi connectivity index (χ4v) is 5.98. The maximum absolute atomic E-state index is 13.1. The standard InChI is InChI=1S/C26H33N3O3S/c1-3-21-8-10-22(11-9-21)19-27-26(30)20(2)29-17-14-23-18-24(12-13-25(23)29)33(31,32)28-15-6-4-5-7-16-28/h8-14,17-18,20H,3-7,15-16,19H2,1-2H3,(H,27,30)/t20-/m0/s1. The van der Waals surface area contributed by atoms with Crippen LogP contribution in [0.4, 0.5) is 0 Å². The zero-order chi connectivity index (χ0) is 23.4. The number of aromatic nitrogens is 1. The lowest BCUT2D eigenvalue weighted by molar-refractivity contribution is -0.123. The smallest absolute Gasteiger partial charge is 0.243 e. The van der Waals surface area contributed by atoms with Crippen LogP contribution in [0.3, 0.4) is 0 Å². The van der Waals surface area contributed by atoms with E-state index < -0.39 is 16.1 Å². The van der Waals surface area contributed by atoms with Gasteiger partial charge in [-0.2, -0.15) is 4.31 Å². The molecule has 0 spiro atoms. The van der Waals surface area contributed by atoms with Crippen LogP contribution in [0.15, 0.2) is 59.6 Å². The lowest BCUT2D eigenvalue weighted by atomic mass is 10.1. The maximum Gasteiger partial charge on any atom is 0.243 e. The second-order valence-corrected chi connectivity index (χ2v) is 10.8. The van der Waals surface area contributed by atoms with E-state index in [9.17, 15) is 13.2 Å². The van der Waals surface area contributed by atoms with Gasteiger partial charge in [0.1, 0.15) is 6.04 Å². The van der Waals surface area contributed by atoms with E-state index in [4.69, 9.17) is 0 Å². The Hall–Kier alpha value is -2.64. The second kappa shape index (κ2) is 10.1. The average molecular weight is 468 g/mol. The fraction of sp³-hybridized carbons (Fsp3) is 0.423. The number of nitrogens with zero attached hydrogens (tertiary/aromatic N) is 2. The summed E-state index contributed by atoms with van der Waals surface area (Å²) in [5.41, 5.74) is 3.18. The lowest BCUT2D eigenvalue weighted by Gasteiger charge is -2.20. The van der Waals surface area contributed by atoms with Crippen LogP contribution in [-0.2, 0) is 27.8 Å². The zero-order valence-electron chi connectivity index (χ0n) is 19.5. The van der Waals surface area contributed by atoms with E-state index in [2.05, 4.69) is 24.4 Å². The maximum atomic E-state index is 13.1. The van der Waals surface area contributed by atoms with Gasteiger partial charge in [-0.05, 0) is 61.6 Å². The molecule has 1 saturated heterocycles. The van der Waals surface area contributed by atoms with Crippen molar-refractivity contribution in [1.29, 1.82) is 0 Å². The molecule has 1 fully saturated rings. The van der Waals surface area contributed by atoms with E-state index >= 15 is 0 Å². The summed E-state index contributed by atoms with van der Waals surface area (Å²) in [6, 6.07) is 14.9. The van der Waals surface area contributed by atoms with Crippen LogP contribution in [0.25, 0.3) is 10.9 Å². The molecule has 6 nitrogen and oxygen atoms in total. The zero-order valence-corrected chi connectivity index (χ0v) is 20.3. The Morgan fingerprint density at radius 2 is 1.64 bits per heavy atom. The summed E-state index contributed by atoms with van der Waals surface area (Å²) in [5.74, 6) is -0.0756. The summed E-state index contributed by atoms with van der Waals surface area (Å²) in [6.07, 6.45) is 6.83. The Kier molecular flexibility index (Phi) is 7.20. The molecule has 1 N–H and O–H groups in total. The fourth-order valence-electron chi connectivity index (χ4n) is 4.43. The number of nitrogens with one attached hydrogen (secondary N) is 1. The monoisotopic (exact) mass is 467 g/mol. The first-order chi connectivity index (χ1) is 15.9. The highest BCUT2D eigenvalue weighted by Gasteiger charge is 2.26. The van der Waals surface area contributed by atoms with Gasteiger partial charge in [0.05, 0.1) is 4.90 Å². The van der Waals surface area contributed by atoms with E-state index in [0.29, 0.717) is 24.5 Å². The molecule has 0 aliphatic carbocycles. The van der Waals surface area contributed by atoms with Crippen molar-refractivity contribution in [2.45, 2.75) is 63.4 Å². The van der Waals surface area contributed by atoms with Gasteiger partial charge in [0.25, 0.3) is 0 Å². The quantitative estimate of drug-likeness (QED) is 0.550. The number of fused-ring (bicyclic) bond motifs is 1. The van der Waals surface area contributed by atoms with Crippen molar-refractivity contribution in [3.05, 3.63) is 65.9 Å². The van der Waals surface area contributed by atoms with Gasteiger partial charge in [0, 0.05) is 36.7 Å². The summed E-state index contributed by atoms with van der Waals surface area (Å²) >= 11 is 0. The predicted octanol–water partition coefficient (Wildman–Crippen LogP) is 4.65. The first-order valence-corrected chi connectivity index (χ1v) is 13.3. The summed E-state index contributed by atoms with van der Waals surface area (Å²) < 4.78 is 29.8. The molecule has 1 aromatic heterocycles. The second-order valence-electron chi connectivity index (χ2n) is 8.83. The minimum absolute atomic E-state index is 0.0756. The highest BCUT2D eigenvalue weighted by molar-refractivity contribution is 7.89. The molecule has 4 rings (SSSR count). The minimum atomic E-state index is -3.50. The third-order valence-electron chi connectivity index (χ3n) is 6.59. The third-order valence-corrected chi connectivity index (χ3v) is 8.48. The topological polar surface area (TPSA) is 71.4 Å². The highest BCUT2D eigenvalue weighted by atomic mass is 32.2. The van der Waals surface area contributed by atoms with E-state index in [-0.39, 0.29) is 5.91 Å². The Morgan fingerprint density at radius 3 is 2.30 bits per heavy atom. The Morgan fingerprint density at radius 1 is 0.970 bits per heavy atom. The summed E-state index contributed by atoms with van der Waals surface area (Å²) in [7, 11) is -3.50. The van der Waals surface area contributed by atoms with Crippen LogP contribution < -0.4 is 5.32 Å². The molecule has 1 aliphatic heterocycles. The van der Waals surface area contributed by atoms with Gasteiger partial charge in [-0.3, -0.25) is 4.79 Å². The molecule has 7 heteroatoms. The molecule has 33 heavy (non-hydrogen) atoms. The number of sulfonamides is 1. The normalized spacial score (nSPS) is 16.4. The van der Waals surface area contributed by atoms with Crippen LogP contribution in [0.5, 0.6) is 0 Å². The van der Waals surface area contributed by atoms with Crippen molar-refractivity contribution >= 4 is 26.8 Å². The van der Waals surface area contributed by atoms with Gasteiger partial charge in [-0.15, -0.1) is 0 Å². The molecule has 0 unspecified atom stereocenters. The lowest BCUT2D eigenvalue weighted by Crippen LogP contribution is -2.32. The average Bonchev–Trinajstić information content (AvgIpc) is 3.05. The molecule has 1 atom stereocenters. The first-order valence-electron chi connectivity index (χ1n) is 11.9. The molecule has 1 amide bonds. The Bertz CT molecular complexity index is 1210. The van der Waals surface area contributed by atoms with Gasteiger partial charge in [0.2, 0.25) is 15.9 Å². The van der Waals surface area contributed by atoms with Crippen LogP contribution in [0.2, 0.25) is 0 Å². The minimum Gasteiger partial charge on any atom is -0.350 e. The van der Waals surface area contributed by atoms with Gasteiger partial charge < -0.3 is 9.88 Å². The molecule has 3 aromatic rings. The summed E-state index contributed by atoms with van der Waals surface area (Å²) in [6.45, 7) is 5.62. The van der Waals surface area contributed by atoms with Gasteiger partial charge >= 0.3 is 0 Å². The molecule has 2 aromatic carbocycles. The number of carbonyl (C=O) groups excluding carboxylic acids is 1. The first kappa shape index (κ1) is 23.5. The van der Waals surface area contributed by atoms with Crippen LogP contribution in [0.1, 0.15) is 56.7 Å². The largest absolute Gasteiger partial charge is 0.350 e. The van der Waals surface area contributed by atoms with E-state index in [1.165, 1.54) is 5.56 Å². The van der Waals surface area contributed by atoms with Crippen LogP contribution in [0, 0.1) is 0 Å². The number of aryl methyl sites for hydroxylation is 1. The predicted molar refractivity (Wildman–Crippen MR) is 132 cm³/mol. The van der Waals surface area contributed by atoms with Crippen molar-refractivity contribution < 1.29 is 13.2 Å². The molecule has 0 saturated carbocycles. The molecule has 176 valence electrons. The summed E-state index contributed by atoms with van der Waals surface area (Å²) in [5, 5.41) is 3.83. The van der Waals surface area contributed by atoms with E-state index in [1.807, 2.05) is 42.0 Å². The van der Waals surface area contributed by atoms with Crippen LogP contribution in [-0.4, -0.2) is 36.3 Å². The summed E-state index contributed by atoms with van der Waals surface area (Å²) in [4.78, 5) is 13.1. The number of carbonyl (C=O) groups is 1. The number of amides is 1. The van der Waals surface area contributed by atoms with Crippen molar-refractivity contribution in [2.75, 3.05) is 13.1 Å². The van der Waals surface area contributed by atoms with E-state index in [0.717, 1.165) is 48.6 Å². The molecule has 2 heterocycles. The SMILES string of the molecule is CCc1ccc(CNC(=O)[C@H](C)n2ccc3cc(S(=O)(=O)N4CCCCCC4)ccc32)cc1. The Labute approximate surface area is 196 Å². The van der Waals surface area contributed by atoms with Crippen molar-refractivity contribution in [1.82, 2.24) is 14.2 Å². The number of rotatable bonds is 7. The van der Waals surface area contributed by atoms with Crippen molar-refractivity contribution in [2.24, 2.45) is 0 Å². The Balaban J connectivity index is 1.48. The molecule has 0 bridgehead atoms. The molecular weight excluding hydrogens is 434 g/mol. The molecule has 0 radical (unpaired) electrons. The van der Waals surface area contributed by atoms with Crippen LogP contribution >= 0.6 is 0 Å². The van der Waals surface area contributed by atoms with Gasteiger partial charge in [-0.25, -0.2) is 8.42 Å². The van der Waals surface area contributed by atoms with E-state index in [1.54, 1.807) is 16.4 Å². The number of hydrogen-bond donors (Lipinski definition) is 1. The van der Waals surface area contributed by atoms with Gasteiger partial charge in [0.15, 0.2) is 0 Å². The van der Waals surface area contributed by atoms with Crippen molar-refractivity contribution in [3.63, 3.8) is 0 Å². The van der Waals surface area contributed by atoms with Crippen molar-refractivity contribution in [3.8, 4) is 0 Å². The number of hydrogen-bond acceptors (Lipinski definition) is 3.